The van der Waals surface area contributed by atoms with E-state index in [1.807, 2.05) is 26.8 Å². The van der Waals surface area contributed by atoms with Gasteiger partial charge in [0, 0.05) is 29.2 Å². The standard InChI is InChI=1S/C26H27FN4O3/c1-15(2)24-14-34-26(33)31(24)20-11-18(21-6-5-16(3)9-22(21)27)10-19(12-20)25(32)30-17(4)23-13-28-7-8-29-23/h5-13,15,17,24H,14H2,1-4H3,(H,30,32). The summed E-state index contributed by atoms with van der Waals surface area (Å²) in [4.78, 5) is 35.7. The van der Waals surface area contributed by atoms with Crippen LogP contribution in [0.5, 0.6) is 0 Å². The van der Waals surface area contributed by atoms with E-state index >= 15 is 0 Å². The van der Waals surface area contributed by atoms with E-state index in [0.717, 1.165) is 5.56 Å². The van der Waals surface area contributed by atoms with Gasteiger partial charge in [0.15, 0.2) is 0 Å². The van der Waals surface area contributed by atoms with E-state index in [1.54, 1.807) is 54.7 Å². The molecule has 2 atom stereocenters. The molecule has 8 heteroatoms. The Morgan fingerprint density at radius 1 is 1.18 bits per heavy atom. The molecular formula is C26H27FN4O3. The number of rotatable bonds is 6. The molecule has 0 aliphatic carbocycles. The van der Waals surface area contributed by atoms with Crippen LogP contribution in [0.15, 0.2) is 55.0 Å². The number of amides is 2. The maximum absolute atomic E-state index is 14.9. The summed E-state index contributed by atoms with van der Waals surface area (Å²) in [5.74, 6) is -0.650. The number of cyclic esters (lactones) is 1. The number of carbonyl (C=O) groups excluding carboxylic acids is 2. The topological polar surface area (TPSA) is 84.4 Å². The van der Waals surface area contributed by atoms with Crippen molar-refractivity contribution in [1.82, 2.24) is 15.3 Å². The van der Waals surface area contributed by atoms with Crippen molar-refractivity contribution >= 4 is 17.7 Å². The minimum absolute atomic E-state index is 0.125. The lowest BCUT2D eigenvalue weighted by Gasteiger charge is -2.25. The number of benzene rings is 2. The molecule has 2 heterocycles. The van der Waals surface area contributed by atoms with Crippen molar-refractivity contribution in [3.8, 4) is 11.1 Å². The normalized spacial score (nSPS) is 16.5. The molecular weight excluding hydrogens is 435 g/mol. The third kappa shape index (κ3) is 4.76. The zero-order chi connectivity index (χ0) is 24.4. The van der Waals surface area contributed by atoms with E-state index < -0.39 is 18.0 Å². The van der Waals surface area contributed by atoms with Gasteiger partial charge >= 0.3 is 6.09 Å². The highest BCUT2D eigenvalue weighted by molar-refractivity contribution is 5.99. The Morgan fingerprint density at radius 2 is 1.97 bits per heavy atom. The number of nitrogens with one attached hydrogen (secondary N) is 1. The first-order chi connectivity index (χ1) is 16.2. The molecule has 0 saturated carbocycles. The maximum Gasteiger partial charge on any atom is 0.414 e. The number of hydrogen-bond acceptors (Lipinski definition) is 5. The van der Waals surface area contributed by atoms with Crippen molar-refractivity contribution in [3.05, 3.63) is 77.6 Å². The van der Waals surface area contributed by atoms with E-state index in [-0.39, 0.29) is 24.5 Å². The highest BCUT2D eigenvalue weighted by Gasteiger charge is 2.36. The van der Waals surface area contributed by atoms with Crippen LogP contribution >= 0.6 is 0 Å². The number of anilines is 1. The Bertz CT molecular complexity index is 1220. The van der Waals surface area contributed by atoms with Gasteiger partial charge in [-0.3, -0.25) is 19.7 Å². The molecule has 34 heavy (non-hydrogen) atoms. The molecule has 0 bridgehead atoms. The Morgan fingerprint density at radius 3 is 2.65 bits per heavy atom. The van der Waals surface area contributed by atoms with Crippen LogP contribution in [-0.2, 0) is 4.74 Å². The molecule has 2 unspecified atom stereocenters. The molecule has 7 nitrogen and oxygen atoms in total. The van der Waals surface area contributed by atoms with Gasteiger partial charge in [-0.15, -0.1) is 0 Å². The highest BCUT2D eigenvalue weighted by Crippen LogP contribution is 2.33. The molecule has 1 saturated heterocycles. The fourth-order valence-corrected chi connectivity index (χ4v) is 4.00. The molecule has 176 valence electrons. The second-order valence-corrected chi connectivity index (χ2v) is 8.84. The third-order valence-corrected chi connectivity index (χ3v) is 5.94. The van der Waals surface area contributed by atoms with Gasteiger partial charge in [-0.05, 0) is 55.2 Å². The summed E-state index contributed by atoms with van der Waals surface area (Å²) in [5.41, 5.74) is 3.02. The number of aryl methyl sites for hydroxylation is 1. The second-order valence-electron chi connectivity index (χ2n) is 8.84. The van der Waals surface area contributed by atoms with E-state index in [4.69, 9.17) is 4.74 Å². The van der Waals surface area contributed by atoms with Crippen LogP contribution in [-0.4, -0.2) is 34.6 Å². The summed E-state index contributed by atoms with van der Waals surface area (Å²) in [6.45, 7) is 7.87. The fraction of sp³-hybridized carbons (Fsp3) is 0.308. The van der Waals surface area contributed by atoms with Gasteiger partial charge in [0.05, 0.1) is 24.0 Å². The van der Waals surface area contributed by atoms with Crippen molar-refractivity contribution in [2.24, 2.45) is 5.92 Å². The van der Waals surface area contributed by atoms with Crippen LogP contribution in [0.1, 0.15) is 48.4 Å². The zero-order valence-electron chi connectivity index (χ0n) is 19.6. The molecule has 4 rings (SSSR count). The van der Waals surface area contributed by atoms with Crippen LogP contribution in [0.3, 0.4) is 0 Å². The van der Waals surface area contributed by atoms with E-state index in [1.165, 1.54) is 6.07 Å². The molecule has 2 amide bonds. The lowest BCUT2D eigenvalue weighted by Crippen LogP contribution is -2.37. The summed E-state index contributed by atoms with van der Waals surface area (Å²) in [6, 6.07) is 9.32. The lowest BCUT2D eigenvalue weighted by molar-refractivity contribution is 0.0939. The largest absolute Gasteiger partial charge is 0.447 e. The van der Waals surface area contributed by atoms with Crippen LogP contribution in [0.2, 0.25) is 0 Å². The predicted octanol–water partition coefficient (Wildman–Crippen LogP) is 5.06. The number of nitrogens with zero attached hydrogens (tertiary/aromatic N) is 3. The molecule has 1 aliphatic heterocycles. The SMILES string of the molecule is Cc1ccc(-c2cc(C(=O)NC(C)c3cnccn3)cc(N3C(=O)OCC3C(C)C)c2)c(F)c1. The van der Waals surface area contributed by atoms with Crippen LogP contribution in [0.4, 0.5) is 14.9 Å². The first-order valence-electron chi connectivity index (χ1n) is 11.2. The molecule has 1 N–H and O–H groups in total. The molecule has 0 radical (unpaired) electrons. The number of halogens is 1. The van der Waals surface area contributed by atoms with E-state index in [9.17, 15) is 14.0 Å². The van der Waals surface area contributed by atoms with Crippen molar-refractivity contribution < 1.29 is 18.7 Å². The summed E-state index contributed by atoms with van der Waals surface area (Å²) < 4.78 is 20.2. The quantitative estimate of drug-likeness (QED) is 0.553. The maximum atomic E-state index is 14.9. The number of ether oxygens (including phenoxy) is 1. The first kappa shape index (κ1) is 23.4. The summed E-state index contributed by atoms with van der Waals surface area (Å²) in [7, 11) is 0. The van der Waals surface area contributed by atoms with Crippen molar-refractivity contribution in [2.75, 3.05) is 11.5 Å². The summed E-state index contributed by atoms with van der Waals surface area (Å²) >= 11 is 0. The predicted molar refractivity (Wildman–Crippen MR) is 127 cm³/mol. The van der Waals surface area contributed by atoms with Crippen molar-refractivity contribution in [3.63, 3.8) is 0 Å². The van der Waals surface area contributed by atoms with Crippen molar-refractivity contribution in [2.45, 2.75) is 39.8 Å². The Hall–Kier alpha value is -3.81. The van der Waals surface area contributed by atoms with Gasteiger partial charge in [-0.1, -0.05) is 26.0 Å². The smallest absolute Gasteiger partial charge is 0.414 e. The monoisotopic (exact) mass is 462 g/mol. The highest BCUT2D eigenvalue weighted by atomic mass is 19.1. The minimum atomic E-state index is -0.487. The van der Waals surface area contributed by atoms with Crippen LogP contribution < -0.4 is 10.2 Å². The van der Waals surface area contributed by atoms with Gasteiger partial charge in [-0.25, -0.2) is 9.18 Å². The fourth-order valence-electron chi connectivity index (χ4n) is 4.00. The average Bonchev–Trinajstić information content (AvgIpc) is 3.21. The average molecular weight is 463 g/mol. The Kier molecular flexibility index (Phi) is 6.58. The summed E-state index contributed by atoms with van der Waals surface area (Å²) in [5, 5.41) is 2.91. The van der Waals surface area contributed by atoms with E-state index in [0.29, 0.717) is 28.1 Å². The van der Waals surface area contributed by atoms with Gasteiger partial charge in [-0.2, -0.15) is 0 Å². The molecule has 3 aromatic rings. The van der Waals surface area contributed by atoms with Gasteiger partial charge in [0.1, 0.15) is 12.4 Å². The minimum Gasteiger partial charge on any atom is -0.447 e. The molecule has 1 aliphatic rings. The number of carbonyl (C=O) groups is 2. The third-order valence-electron chi connectivity index (χ3n) is 5.94. The molecule has 0 spiro atoms. The molecule has 1 aromatic heterocycles. The lowest BCUT2D eigenvalue weighted by atomic mass is 9.98. The van der Waals surface area contributed by atoms with Gasteiger partial charge < -0.3 is 10.1 Å². The second kappa shape index (κ2) is 9.59. The van der Waals surface area contributed by atoms with Crippen LogP contribution in [0.25, 0.3) is 11.1 Å². The molecule has 2 aromatic carbocycles. The van der Waals surface area contributed by atoms with Gasteiger partial charge in [0.25, 0.3) is 5.91 Å². The number of hydrogen-bond donors (Lipinski definition) is 1. The Labute approximate surface area is 198 Å². The summed E-state index contributed by atoms with van der Waals surface area (Å²) in [6.07, 6.45) is 4.22. The Balaban J connectivity index is 1.77. The first-order valence-corrected chi connectivity index (χ1v) is 11.2. The molecule has 1 fully saturated rings. The van der Waals surface area contributed by atoms with Crippen molar-refractivity contribution in [1.29, 1.82) is 0 Å². The van der Waals surface area contributed by atoms with Crippen LogP contribution in [0, 0.1) is 18.7 Å². The van der Waals surface area contributed by atoms with Gasteiger partial charge in [0.2, 0.25) is 0 Å². The van der Waals surface area contributed by atoms with E-state index in [2.05, 4.69) is 15.3 Å². The number of aromatic nitrogens is 2. The zero-order valence-corrected chi connectivity index (χ0v) is 19.6.